The van der Waals surface area contributed by atoms with Crippen LogP contribution in [0.2, 0.25) is 5.02 Å². The van der Waals surface area contributed by atoms with E-state index in [2.05, 4.69) is 32.2 Å². The Morgan fingerprint density at radius 3 is 2.64 bits per heavy atom. The molecule has 0 aliphatic heterocycles. The molecule has 8 atom stereocenters. The van der Waals surface area contributed by atoms with Gasteiger partial charge in [0.2, 0.25) is 5.91 Å². The topological polar surface area (TPSA) is 49.3 Å². The van der Waals surface area contributed by atoms with Crippen LogP contribution < -0.4 is 5.32 Å². The lowest BCUT2D eigenvalue weighted by atomic mass is 9.47. The molecule has 0 aromatic heterocycles. The zero-order valence-corrected chi connectivity index (χ0v) is 21.2. The van der Waals surface area contributed by atoms with E-state index in [0.29, 0.717) is 28.2 Å². The number of fused-ring (bicyclic) bond motifs is 5. The second-order valence-corrected chi connectivity index (χ2v) is 12.5. The van der Waals surface area contributed by atoms with E-state index in [4.69, 9.17) is 11.6 Å². The quantitative estimate of drug-likeness (QED) is 0.506. The first-order valence-corrected chi connectivity index (χ1v) is 13.5. The van der Waals surface area contributed by atoms with Crippen LogP contribution in [0.4, 0.5) is 0 Å². The minimum absolute atomic E-state index is 0.115. The number of rotatable bonds is 4. The van der Waals surface area contributed by atoms with Gasteiger partial charge in [0.15, 0.2) is 0 Å². The van der Waals surface area contributed by atoms with E-state index in [1.807, 2.05) is 24.3 Å². The van der Waals surface area contributed by atoms with Gasteiger partial charge in [-0.15, -0.1) is 0 Å². The summed E-state index contributed by atoms with van der Waals surface area (Å²) in [7, 11) is 0. The van der Waals surface area contributed by atoms with Crippen molar-refractivity contribution < 1.29 is 9.90 Å². The normalized spacial score (nSPS) is 40.8. The fourth-order valence-corrected chi connectivity index (χ4v) is 8.82. The van der Waals surface area contributed by atoms with Crippen LogP contribution in [0.15, 0.2) is 35.9 Å². The summed E-state index contributed by atoms with van der Waals surface area (Å²) in [6.07, 6.45) is 12.0. The van der Waals surface area contributed by atoms with Crippen LogP contribution in [0.5, 0.6) is 0 Å². The number of amides is 1. The van der Waals surface area contributed by atoms with Crippen molar-refractivity contribution in [3.8, 4) is 0 Å². The Labute approximate surface area is 204 Å². The molecule has 0 heterocycles. The van der Waals surface area contributed by atoms with Gasteiger partial charge in [-0.25, -0.2) is 0 Å². The van der Waals surface area contributed by atoms with Crippen molar-refractivity contribution in [3.05, 3.63) is 46.5 Å². The number of nitrogens with one attached hydrogen (secondary N) is 1. The Morgan fingerprint density at radius 1 is 1.12 bits per heavy atom. The molecule has 0 saturated heterocycles. The van der Waals surface area contributed by atoms with E-state index in [0.717, 1.165) is 42.6 Å². The largest absolute Gasteiger partial charge is 0.393 e. The van der Waals surface area contributed by atoms with Crippen molar-refractivity contribution >= 4 is 17.5 Å². The average molecular weight is 470 g/mol. The zero-order chi connectivity index (χ0) is 23.4. The summed E-state index contributed by atoms with van der Waals surface area (Å²) in [5, 5.41) is 14.3. The van der Waals surface area contributed by atoms with E-state index < -0.39 is 0 Å². The lowest BCUT2D eigenvalue weighted by molar-refractivity contribution is -0.122. The lowest BCUT2D eigenvalue weighted by Gasteiger charge is -2.58. The van der Waals surface area contributed by atoms with Crippen LogP contribution in [0, 0.1) is 34.5 Å². The summed E-state index contributed by atoms with van der Waals surface area (Å²) in [4.78, 5) is 12.8. The predicted octanol–water partition coefficient (Wildman–Crippen LogP) is 6.33. The van der Waals surface area contributed by atoms with Crippen molar-refractivity contribution in [1.82, 2.24) is 5.32 Å². The van der Waals surface area contributed by atoms with Gasteiger partial charge in [0.05, 0.1) is 12.5 Å². The molecule has 33 heavy (non-hydrogen) atoms. The molecule has 5 rings (SSSR count). The first-order chi connectivity index (χ1) is 15.7. The third-order valence-electron chi connectivity index (χ3n) is 10.4. The smallest absolute Gasteiger partial charge is 0.224 e. The second-order valence-electron chi connectivity index (χ2n) is 12.0. The number of aliphatic hydroxyl groups is 1. The summed E-state index contributed by atoms with van der Waals surface area (Å²) in [6, 6.07) is 7.79. The molecule has 1 aromatic rings. The van der Waals surface area contributed by atoms with E-state index in [1.54, 1.807) is 5.57 Å². The van der Waals surface area contributed by atoms with Crippen molar-refractivity contribution in [2.24, 2.45) is 34.5 Å². The molecule has 4 heteroatoms. The van der Waals surface area contributed by atoms with E-state index in [-0.39, 0.29) is 18.1 Å². The van der Waals surface area contributed by atoms with Gasteiger partial charge in [-0.3, -0.25) is 4.79 Å². The molecular weight excluding hydrogens is 430 g/mol. The maximum atomic E-state index is 12.8. The van der Waals surface area contributed by atoms with Gasteiger partial charge >= 0.3 is 0 Å². The van der Waals surface area contributed by atoms with Crippen molar-refractivity contribution in [1.29, 1.82) is 0 Å². The van der Waals surface area contributed by atoms with Crippen molar-refractivity contribution in [3.63, 3.8) is 0 Å². The maximum absolute atomic E-state index is 12.8. The Hall–Kier alpha value is -1.32. The molecule has 3 fully saturated rings. The van der Waals surface area contributed by atoms with Gasteiger partial charge in [-0.1, -0.05) is 49.2 Å². The fourth-order valence-electron chi connectivity index (χ4n) is 8.70. The molecule has 3 nitrogen and oxygen atoms in total. The number of hydrogen-bond acceptors (Lipinski definition) is 2. The predicted molar refractivity (Wildman–Crippen MR) is 134 cm³/mol. The van der Waals surface area contributed by atoms with Gasteiger partial charge in [-0.05, 0) is 110 Å². The molecule has 4 aliphatic carbocycles. The highest BCUT2D eigenvalue weighted by atomic mass is 35.5. The molecular formula is C29H40ClNO2. The molecule has 1 aromatic carbocycles. The summed E-state index contributed by atoms with van der Waals surface area (Å²) in [5.74, 6) is 2.93. The minimum atomic E-state index is -0.136. The molecule has 8 unspecified atom stereocenters. The zero-order valence-electron chi connectivity index (χ0n) is 20.4. The SMILES string of the molecule is CC(NC(=O)Cc1ccc(Cl)cc1)C1CCC2C3CC=C4CC(O)CCC4(C)C3CCC12C. The standard InChI is InChI=1S/C29H40ClNO2/c1-18(31-27(33)16-19-4-7-21(30)8-5-19)24-10-11-25-23-9-6-20-17-22(32)12-14-28(20,2)26(23)13-15-29(24,25)3/h4-8,18,22-26,32H,9-17H2,1-3H3,(H,31,33). The van der Waals surface area contributed by atoms with Crippen LogP contribution >= 0.6 is 11.6 Å². The van der Waals surface area contributed by atoms with Gasteiger partial charge in [0.1, 0.15) is 0 Å². The number of allylic oxidation sites excluding steroid dienone is 1. The summed E-state index contributed by atoms with van der Waals surface area (Å²) in [5.41, 5.74) is 3.16. The van der Waals surface area contributed by atoms with Gasteiger partial charge in [-0.2, -0.15) is 0 Å². The molecule has 0 radical (unpaired) electrons. The van der Waals surface area contributed by atoms with Crippen LogP contribution in [-0.2, 0) is 11.2 Å². The molecule has 2 N–H and O–H groups in total. The average Bonchev–Trinajstić information content (AvgIpc) is 3.13. The third kappa shape index (κ3) is 4.08. The Bertz CT molecular complexity index is 926. The monoisotopic (exact) mass is 469 g/mol. The third-order valence-corrected chi connectivity index (χ3v) is 10.7. The summed E-state index contributed by atoms with van der Waals surface area (Å²) in [6.45, 7) is 7.25. The van der Waals surface area contributed by atoms with Gasteiger partial charge < -0.3 is 10.4 Å². The highest BCUT2D eigenvalue weighted by Gasteiger charge is 2.59. The first kappa shape index (κ1) is 23.4. The maximum Gasteiger partial charge on any atom is 0.224 e. The van der Waals surface area contributed by atoms with Crippen LogP contribution in [0.3, 0.4) is 0 Å². The Balaban J connectivity index is 1.28. The van der Waals surface area contributed by atoms with Crippen LogP contribution in [0.25, 0.3) is 0 Å². The molecule has 180 valence electrons. The van der Waals surface area contributed by atoms with Crippen molar-refractivity contribution in [2.45, 2.75) is 90.7 Å². The lowest BCUT2D eigenvalue weighted by Crippen LogP contribution is -2.52. The van der Waals surface area contributed by atoms with Crippen LogP contribution in [0.1, 0.15) is 77.7 Å². The number of hydrogen-bond donors (Lipinski definition) is 2. The first-order valence-electron chi connectivity index (χ1n) is 13.1. The van der Waals surface area contributed by atoms with Gasteiger partial charge in [0, 0.05) is 11.1 Å². The second kappa shape index (κ2) is 8.72. The highest BCUT2D eigenvalue weighted by Crippen LogP contribution is 2.66. The van der Waals surface area contributed by atoms with Gasteiger partial charge in [0.25, 0.3) is 0 Å². The van der Waals surface area contributed by atoms with E-state index in [1.165, 1.54) is 32.1 Å². The number of halogens is 1. The molecule has 0 spiro atoms. The number of carbonyl (C=O) groups excluding carboxylic acids is 1. The highest BCUT2D eigenvalue weighted by molar-refractivity contribution is 6.30. The molecule has 4 aliphatic rings. The minimum Gasteiger partial charge on any atom is -0.393 e. The van der Waals surface area contributed by atoms with E-state index >= 15 is 0 Å². The summed E-state index contributed by atoms with van der Waals surface area (Å²) < 4.78 is 0. The summed E-state index contributed by atoms with van der Waals surface area (Å²) >= 11 is 5.98. The Morgan fingerprint density at radius 2 is 1.88 bits per heavy atom. The molecule has 1 amide bonds. The van der Waals surface area contributed by atoms with E-state index in [9.17, 15) is 9.90 Å². The fraction of sp³-hybridized carbons (Fsp3) is 0.690. The Kier molecular flexibility index (Phi) is 6.19. The number of aliphatic hydroxyl groups excluding tert-OH is 1. The van der Waals surface area contributed by atoms with Crippen molar-refractivity contribution in [2.75, 3.05) is 0 Å². The number of carbonyl (C=O) groups is 1. The molecule has 0 bridgehead atoms. The van der Waals surface area contributed by atoms with Crippen LogP contribution in [-0.4, -0.2) is 23.2 Å². The molecule has 3 saturated carbocycles. The number of benzene rings is 1.